The van der Waals surface area contributed by atoms with Gasteiger partial charge in [0, 0.05) is 25.3 Å². The number of nitrogens with zero attached hydrogens (tertiary/aromatic N) is 1. The Labute approximate surface area is 90.1 Å². The lowest BCUT2D eigenvalue weighted by atomic mass is 10.2. The Morgan fingerprint density at radius 1 is 1.36 bits per heavy atom. The van der Waals surface area contributed by atoms with Crippen LogP contribution in [0.5, 0.6) is 0 Å². The second-order valence-corrected chi connectivity index (χ2v) is 5.22. The minimum Gasteiger partial charge on any atom is -0.346 e. The molecule has 2 saturated heterocycles. The number of likely N-dealkylation sites (tertiary alicyclic amines) is 1. The molecule has 2 fully saturated rings. The Morgan fingerprint density at radius 3 is 2.86 bits per heavy atom. The summed E-state index contributed by atoms with van der Waals surface area (Å²) in [6.45, 7) is 7.03. The summed E-state index contributed by atoms with van der Waals surface area (Å²) in [4.78, 5) is 2.45. The maximum atomic E-state index is 5.67. The molecule has 0 atom stereocenters. The lowest BCUT2D eigenvalue weighted by Crippen LogP contribution is -2.35. The summed E-state index contributed by atoms with van der Waals surface area (Å²) in [5.74, 6) is 2.22. The summed E-state index contributed by atoms with van der Waals surface area (Å²) in [6, 6.07) is 0. The van der Waals surface area contributed by atoms with Gasteiger partial charge in [0.2, 0.25) is 0 Å². The summed E-state index contributed by atoms with van der Waals surface area (Å²) in [5, 5.41) is 0. The molecule has 0 aliphatic carbocycles. The number of rotatable bonds is 4. The summed E-state index contributed by atoms with van der Waals surface area (Å²) >= 11 is 2.00. The first-order valence-corrected chi connectivity index (χ1v) is 6.58. The number of hydrogen-bond acceptors (Lipinski definition) is 4. The standard InChI is InChI=1S/C10H19NO2S/c1-2-14-8-5-11-4-3-10(9-11)12-6-7-13-10/h2-9H2,1H3. The first-order valence-electron chi connectivity index (χ1n) is 5.43. The van der Waals surface area contributed by atoms with Crippen molar-refractivity contribution in [2.45, 2.75) is 19.1 Å². The highest BCUT2D eigenvalue weighted by molar-refractivity contribution is 7.99. The van der Waals surface area contributed by atoms with Crippen molar-refractivity contribution in [3.63, 3.8) is 0 Å². The van der Waals surface area contributed by atoms with Gasteiger partial charge in [-0.25, -0.2) is 0 Å². The van der Waals surface area contributed by atoms with E-state index in [9.17, 15) is 0 Å². The van der Waals surface area contributed by atoms with Gasteiger partial charge in [0.1, 0.15) is 0 Å². The topological polar surface area (TPSA) is 21.7 Å². The molecule has 3 nitrogen and oxygen atoms in total. The monoisotopic (exact) mass is 217 g/mol. The molecule has 0 amide bonds. The van der Waals surface area contributed by atoms with E-state index in [-0.39, 0.29) is 5.79 Å². The fourth-order valence-corrected chi connectivity index (χ4v) is 2.76. The van der Waals surface area contributed by atoms with Crippen LogP contribution in [-0.4, -0.2) is 55.0 Å². The predicted molar refractivity (Wildman–Crippen MR) is 58.7 cm³/mol. The second-order valence-electron chi connectivity index (χ2n) is 3.83. The first-order chi connectivity index (χ1) is 6.85. The van der Waals surface area contributed by atoms with E-state index in [1.165, 1.54) is 18.1 Å². The minimum absolute atomic E-state index is 0.225. The summed E-state index contributed by atoms with van der Waals surface area (Å²) in [6.07, 6.45) is 1.05. The van der Waals surface area contributed by atoms with Crippen LogP contribution < -0.4 is 0 Å². The molecule has 0 bridgehead atoms. The van der Waals surface area contributed by atoms with E-state index < -0.39 is 0 Å². The zero-order chi connectivity index (χ0) is 9.86. The largest absolute Gasteiger partial charge is 0.346 e. The lowest BCUT2D eigenvalue weighted by Gasteiger charge is -2.22. The van der Waals surface area contributed by atoms with Gasteiger partial charge in [0.25, 0.3) is 0 Å². The van der Waals surface area contributed by atoms with Gasteiger partial charge in [-0.05, 0) is 5.75 Å². The van der Waals surface area contributed by atoms with Gasteiger partial charge in [-0.3, -0.25) is 4.90 Å². The highest BCUT2D eigenvalue weighted by atomic mass is 32.2. The van der Waals surface area contributed by atoms with Crippen LogP contribution in [0.1, 0.15) is 13.3 Å². The van der Waals surface area contributed by atoms with Gasteiger partial charge in [-0.2, -0.15) is 11.8 Å². The van der Waals surface area contributed by atoms with Crippen molar-refractivity contribution < 1.29 is 9.47 Å². The van der Waals surface area contributed by atoms with Crippen LogP contribution in [-0.2, 0) is 9.47 Å². The Bertz CT molecular complexity index is 183. The third kappa shape index (κ3) is 2.42. The fraction of sp³-hybridized carbons (Fsp3) is 1.00. The summed E-state index contributed by atoms with van der Waals surface area (Å²) in [7, 11) is 0. The summed E-state index contributed by atoms with van der Waals surface area (Å²) in [5.41, 5.74) is 0. The van der Waals surface area contributed by atoms with Gasteiger partial charge >= 0.3 is 0 Å². The average molecular weight is 217 g/mol. The van der Waals surface area contributed by atoms with Crippen LogP contribution in [0.2, 0.25) is 0 Å². The van der Waals surface area contributed by atoms with Gasteiger partial charge in [0.15, 0.2) is 5.79 Å². The second kappa shape index (κ2) is 4.84. The van der Waals surface area contributed by atoms with E-state index in [0.717, 1.165) is 32.7 Å². The highest BCUT2D eigenvalue weighted by Crippen LogP contribution is 2.30. The van der Waals surface area contributed by atoms with Crippen LogP contribution >= 0.6 is 11.8 Å². The van der Waals surface area contributed by atoms with Gasteiger partial charge in [-0.1, -0.05) is 6.92 Å². The van der Waals surface area contributed by atoms with Crippen molar-refractivity contribution >= 4 is 11.8 Å². The van der Waals surface area contributed by atoms with Crippen molar-refractivity contribution in [2.24, 2.45) is 0 Å². The predicted octanol–water partition coefficient (Wildman–Crippen LogP) is 1.19. The van der Waals surface area contributed by atoms with Crippen molar-refractivity contribution in [1.29, 1.82) is 0 Å². The highest BCUT2D eigenvalue weighted by Gasteiger charge is 2.42. The average Bonchev–Trinajstić information content (AvgIpc) is 2.79. The molecule has 0 aromatic carbocycles. The first kappa shape index (κ1) is 10.7. The third-order valence-corrected chi connectivity index (χ3v) is 3.72. The van der Waals surface area contributed by atoms with E-state index >= 15 is 0 Å². The molecule has 0 aromatic rings. The molecule has 2 heterocycles. The zero-order valence-electron chi connectivity index (χ0n) is 8.83. The van der Waals surface area contributed by atoms with Crippen LogP contribution in [0, 0.1) is 0 Å². The smallest absolute Gasteiger partial charge is 0.182 e. The van der Waals surface area contributed by atoms with E-state index in [2.05, 4.69) is 11.8 Å². The minimum atomic E-state index is -0.225. The molecular formula is C10H19NO2S. The molecule has 0 N–H and O–H groups in total. The van der Waals surface area contributed by atoms with Crippen LogP contribution in [0.3, 0.4) is 0 Å². The van der Waals surface area contributed by atoms with Crippen LogP contribution in [0.25, 0.3) is 0 Å². The van der Waals surface area contributed by atoms with E-state index in [4.69, 9.17) is 9.47 Å². The van der Waals surface area contributed by atoms with Crippen LogP contribution in [0.15, 0.2) is 0 Å². The Hall–Kier alpha value is 0.230. The van der Waals surface area contributed by atoms with Crippen molar-refractivity contribution in [3.8, 4) is 0 Å². The van der Waals surface area contributed by atoms with Gasteiger partial charge in [-0.15, -0.1) is 0 Å². The normalized spacial score (nSPS) is 26.4. The maximum Gasteiger partial charge on any atom is 0.182 e. The molecular weight excluding hydrogens is 198 g/mol. The fourth-order valence-electron chi connectivity index (χ4n) is 2.09. The molecule has 82 valence electrons. The molecule has 14 heavy (non-hydrogen) atoms. The number of ether oxygens (including phenoxy) is 2. The molecule has 0 saturated carbocycles. The van der Waals surface area contributed by atoms with E-state index in [1.54, 1.807) is 0 Å². The molecule has 2 aliphatic heterocycles. The van der Waals surface area contributed by atoms with E-state index in [0.29, 0.717) is 0 Å². The van der Waals surface area contributed by atoms with Gasteiger partial charge < -0.3 is 9.47 Å². The Balaban J connectivity index is 1.71. The zero-order valence-corrected chi connectivity index (χ0v) is 9.65. The SMILES string of the molecule is CCSCCN1CCC2(C1)OCCO2. The quantitative estimate of drug-likeness (QED) is 0.659. The van der Waals surface area contributed by atoms with E-state index in [1.807, 2.05) is 11.8 Å². The molecule has 0 aromatic heterocycles. The van der Waals surface area contributed by atoms with Crippen molar-refractivity contribution in [3.05, 3.63) is 0 Å². The maximum absolute atomic E-state index is 5.67. The molecule has 0 radical (unpaired) electrons. The molecule has 1 spiro atoms. The lowest BCUT2D eigenvalue weighted by molar-refractivity contribution is -0.145. The molecule has 2 rings (SSSR count). The number of hydrogen-bond donors (Lipinski definition) is 0. The van der Waals surface area contributed by atoms with Crippen molar-refractivity contribution in [2.75, 3.05) is 44.4 Å². The summed E-state index contributed by atoms with van der Waals surface area (Å²) < 4.78 is 11.3. The third-order valence-electron chi connectivity index (χ3n) is 2.84. The Morgan fingerprint density at radius 2 is 2.14 bits per heavy atom. The molecule has 4 heteroatoms. The number of thioether (sulfide) groups is 1. The Kier molecular flexibility index (Phi) is 3.71. The molecule has 0 unspecified atom stereocenters. The van der Waals surface area contributed by atoms with Crippen LogP contribution in [0.4, 0.5) is 0 Å². The molecule has 2 aliphatic rings. The van der Waals surface area contributed by atoms with Gasteiger partial charge in [0.05, 0.1) is 19.8 Å². The van der Waals surface area contributed by atoms with Crippen molar-refractivity contribution in [1.82, 2.24) is 4.90 Å².